The Morgan fingerprint density at radius 2 is 1.96 bits per heavy atom. The highest BCUT2D eigenvalue weighted by Crippen LogP contribution is 2.26. The molecule has 0 aliphatic carbocycles. The van der Waals surface area contributed by atoms with E-state index in [4.69, 9.17) is 4.99 Å². The number of hydrogen-bond donors (Lipinski definition) is 3. The number of nitrogens with zero attached hydrogens (tertiary/aromatic N) is 2. The quantitative estimate of drug-likeness (QED) is 0.631. The van der Waals surface area contributed by atoms with Crippen LogP contribution in [0.1, 0.15) is 23.7 Å². The summed E-state index contributed by atoms with van der Waals surface area (Å²) >= 11 is 0. The standard InChI is InChI=1S/C19H19N3O2/c1-13(9-15-11-20-12-21-15)22-19(14-5-3-2-4-6-14)17-8-7-16(23)10-18(17)24/h2-8,10-13,23-24H,9H2,1H3,(H,20,21)/t13-/m1/s1. The first kappa shape index (κ1) is 15.8. The SMILES string of the molecule is C[C@H](Cc1cnc[nH]1)N=C(c1ccccc1)c1ccc(O)cc1O. The number of H-pyrrole nitrogens is 1. The zero-order valence-corrected chi connectivity index (χ0v) is 13.3. The average molecular weight is 321 g/mol. The smallest absolute Gasteiger partial charge is 0.128 e. The maximum Gasteiger partial charge on any atom is 0.128 e. The fourth-order valence-electron chi connectivity index (χ4n) is 2.60. The highest BCUT2D eigenvalue weighted by molar-refractivity contribution is 6.14. The fourth-order valence-corrected chi connectivity index (χ4v) is 2.60. The van der Waals surface area contributed by atoms with E-state index < -0.39 is 0 Å². The highest BCUT2D eigenvalue weighted by atomic mass is 16.3. The van der Waals surface area contributed by atoms with Crippen molar-refractivity contribution in [1.82, 2.24) is 9.97 Å². The van der Waals surface area contributed by atoms with E-state index in [0.29, 0.717) is 11.3 Å². The van der Waals surface area contributed by atoms with Gasteiger partial charge in [0.2, 0.25) is 0 Å². The Bertz CT molecular complexity index is 827. The van der Waals surface area contributed by atoms with Gasteiger partial charge in [-0.3, -0.25) is 4.99 Å². The predicted molar refractivity (Wildman–Crippen MR) is 93.6 cm³/mol. The van der Waals surface area contributed by atoms with Crippen molar-refractivity contribution >= 4 is 5.71 Å². The summed E-state index contributed by atoms with van der Waals surface area (Å²) in [4.78, 5) is 11.9. The van der Waals surface area contributed by atoms with Crippen molar-refractivity contribution in [3.05, 3.63) is 77.9 Å². The lowest BCUT2D eigenvalue weighted by molar-refractivity contribution is 0.450. The summed E-state index contributed by atoms with van der Waals surface area (Å²) in [6, 6.07) is 14.3. The van der Waals surface area contributed by atoms with E-state index in [2.05, 4.69) is 9.97 Å². The van der Waals surface area contributed by atoms with Crippen LogP contribution >= 0.6 is 0 Å². The number of rotatable bonds is 5. The molecule has 5 nitrogen and oxygen atoms in total. The maximum atomic E-state index is 10.2. The van der Waals surface area contributed by atoms with E-state index in [-0.39, 0.29) is 17.5 Å². The third kappa shape index (κ3) is 3.63. The molecule has 0 radical (unpaired) electrons. The first-order valence-electron chi connectivity index (χ1n) is 7.76. The molecule has 3 N–H and O–H groups in total. The van der Waals surface area contributed by atoms with Crippen LogP contribution < -0.4 is 0 Å². The lowest BCUT2D eigenvalue weighted by Crippen LogP contribution is -2.11. The van der Waals surface area contributed by atoms with Crippen LogP contribution in [0.5, 0.6) is 11.5 Å². The topological polar surface area (TPSA) is 81.5 Å². The number of phenolic OH excluding ortho intramolecular Hbond substituents is 2. The van der Waals surface area contributed by atoms with E-state index in [1.165, 1.54) is 6.07 Å². The molecular weight excluding hydrogens is 302 g/mol. The number of phenols is 2. The van der Waals surface area contributed by atoms with Crippen LogP contribution in [0.4, 0.5) is 0 Å². The fraction of sp³-hybridized carbons (Fsp3) is 0.158. The lowest BCUT2D eigenvalue weighted by Gasteiger charge is -2.13. The minimum atomic E-state index is -0.00569. The van der Waals surface area contributed by atoms with Crippen LogP contribution in [0, 0.1) is 0 Å². The number of nitrogens with one attached hydrogen (secondary N) is 1. The molecule has 1 aromatic heterocycles. The largest absolute Gasteiger partial charge is 0.508 e. The van der Waals surface area contributed by atoms with Gasteiger partial charge in [0, 0.05) is 35.5 Å². The van der Waals surface area contributed by atoms with Crippen molar-refractivity contribution in [1.29, 1.82) is 0 Å². The molecule has 122 valence electrons. The lowest BCUT2D eigenvalue weighted by atomic mass is 10.0. The maximum absolute atomic E-state index is 10.2. The first-order valence-corrected chi connectivity index (χ1v) is 7.76. The zero-order valence-electron chi connectivity index (χ0n) is 13.3. The molecule has 0 fully saturated rings. The second-order valence-corrected chi connectivity index (χ2v) is 5.68. The van der Waals surface area contributed by atoms with Gasteiger partial charge in [-0.2, -0.15) is 0 Å². The van der Waals surface area contributed by atoms with E-state index in [1.54, 1.807) is 24.7 Å². The van der Waals surface area contributed by atoms with E-state index in [9.17, 15) is 10.2 Å². The first-order chi connectivity index (χ1) is 11.6. The van der Waals surface area contributed by atoms with Gasteiger partial charge < -0.3 is 15.2 Å². The second-order valence-electron chi connectivity index (χ2n) is 5.68. The van der Waals surface area contributed by atoms with E-state index >= 15 is 0 Å². The van der Waals surface area contributed by atoms with Crippen LogP contribution in [0.25, 0.3) is 0 Å². The summed E-state index contributed by atoms with van der Waals surface area (Å²) in [5, 5.41) is 19.8. The molecule has 2 aromatic carbocycles. The van der Waals surface area contributed by atoms with Gasteiger partial charge in [0.15, 0.2) is 0 Å². The molecule has 0 amide bonds. The van der Waals surface area contributed by atoms with Gasteiger partial charge in [-0.15, -0.1) is 0 Å². The van der Waals surface area contributed by atoms with Gasteiger partial charge in [-0.25, -0.2) is 4.98 Å². The molecule has 0 spiro atoms. The van der Waals surface area contributed by atoms with Crippen LogP contribution in [0.2, 0.25) is 0 Å². The van der Waals surface area contributed by atoms with E-state index in [1.807, 2.05) is 37.3 Å². The summed E-state index contributed by atoms with van der Waals surface area (Å²) in [7, 11) is 0. The monoisotopic (exact) mass is 321 g/mol. The molecule has 1 atom stereocenters. The van der Waals surface area contributed by atoms with Gasteiger partial charge in [0.1, 0.15) is 11.5 Å². The number of aliphatic imine (C=N–C) groups is 1. The van der Waals surface area contributed by atoms with Crippen LogP contribution in [0.15, 0.2) is 66.0 Å². The Morgan fingerprint density at radius 1 is 1.17 bits per heavy atom. The second kappa shape index (κ2) is 7.00. The number of benzene rings is 2. The number of aromatic amines is 1. The summed E-state index contributed by atoms with van der Waals surface area (Å²) in [5.41, 5.74) is 3.21. The van der Waals surface area contributed by atoms with Crippen molar-refractivity contribution in [2.24, 2.45) is 4.99 Å². The summed E-state index contributed by atoms with van der Waals surface area (Å²) in [5.74, 6) is 0.0283. The molecule has 1 heterocycles. The molecular formula is C19H19N3O2. The third-order valence-corrected chi connectivity index (χ3v) is 3.70. The Morgan fingerprint density at radius 3 is 2.62 bits per heavy atom. The van der Waals surface area contributed by atoms with Gasteiger partial charge in [-0.1, -0.05) is 30.3 Å². The summed E-state index contributed by atoms with van der Waals surface area (Å²) < 4.78 is 0. The molecule has 0 aliphatic heterocycles. The normalized spacial score (nSPS) is 13.0. The number of aromatic nitrogens is 2. The van der Waals surface area contributed by atoms with Crippen molar-refractivity contribution in [3.8, 4) is 11.5 Å². The molecule has 24 heavy (non-hydrogen) atoms. The van der Waals surface area contributed by atoms with Gasteiger partial charge in [-0.05, 0) is 19.1 Å². The average Bonchev–Trinajstić information content (AvgIpc) is 3.07. The molecule has 0 saturated carbocycles. The third-order valence-electron chi connectivity index (χ3n) is 3.70. The van der Waals surface area contributed by atoms with Crippen LogP contribution in [0.3, 0.4) is 0 Å². The van der Waals surface area contributed by atoms with Gasteiger partial charge >= 0.3 is 0 Å². The van der Waals surface area contributed by atoms with Crippen molar-refractivity contribution in [2.75, 3.05) is 0 Å². The van der Waals surface area contributed by atoms with Crippen LogP contribution in [-0.4, -0.2) is 31.9 Å². The molecule has 0 aliphatic rings. The van der Waals surface area contributed by atoms with Crippen molar-refractivity contribution in [3.63, 3.8) is 0 Å². The predicted octanol–water partition coefficient (Wildman–Crippen LogP) is 3.29. The van der Waals surface area contributed by atoms with Gasteiger partial charge in [0.05, 0.1) is 18.1 Å². The summed E-state index contributed by atoms with van der Waals surface area (Å²) in [6.07, 6.45) is 4.15. The molecule has 3 rings (SSSR count). The van der Waals surface area contributed by atoms with E-state index in [0.717, 1.165) is 17.7 Å². The number of imidazole rings is 1. The summed E-state index contributed by atoms with van der Waals surface area (Å²) in [6.45, 7) is 2.02. The molecule has 3 aromatic rings. The Labute approximate surface area is 140 Å². The minimum absolute atomic E-state index is 0.00569. The van der Waals surface area contributed by atoms with Crippen molar-refractivity contribution in [2.45, 2.75) is 19.4 Å². The Hall–Kier alpha value is -3.08. The zero-order chi connectivity index (χ0) is 16.9. The van der Waals surface area contributed by atoms with Crippen LogP contribution in [-0.2, 0) is 6.42 Å². The molecule has 0 bridgehead atoms. The molecule has 0 unspecified atom stereocenters. The minimum Gasteiger partial charge on any atom is -0.508 e. The Kier molecular flexibility index (Phi) is 4.61. The number of aromatic hydroxyl groups is 2. The molecule has 0 saturated heterocycles. The Balaban J connectivity index is 2.00. The van der Waals surface area contributed by atoms with Gasteiger partial charge in [0.25, 0.3) is 0 Å². The number of hydrogen-bond acceptors (Lipinski definition) is 4. The van der Waals surface area contributed by atoms with Crippen molar-refractivity contribution < 1.29 is 10.2 Å². The highest BCUT2D eigenvalue weighted by Gasteiger charge is 2.14. The molecule has 5 heteroatoms.